The Morgan fingerprint density at radius 2 is 1.73 bits per heavy atom. The molecule has 1 saturated carbocycles. The highest BCUT2D eigenvalue weighted by atomic mass is 16.2. The standard InChI is InChI=1S/C24H40N6O3/c1-5-9-19-16-20(28(4)27-19)23(32)29-12-14-30(15-13-29)24(33)21(18-10-7-6-8-11-18)26-22(31)17(2)25-3/h16-18,21,25H,5-15H2,1-4H3,(H,26,31)/t17?,21-/m0/s1. The predicted octanol–water partition coefficient (Wildman–Crippen LogP) is 1.33. The second-order valence-corrected chi connectivity index (χ2v) is 9.41. The number of likely N-dealkylation sites (N-methyl/N-ethyl adjacent to an activating group) is 1. The van der Waals surface area contributed by atoms with Gasteiger partial charge in [0.15, 0.2) is 0 Å². The van der Waals surface area contributed by atoms with Crippen molar-refractivity contribution in [2.45, 2.75) is 70.9 Å². The molecule has 1 aliphatic heterocycles. The molecule has 1 unspecified atom stereocenters. The highest BCUT2D eigenvalue weighted by Crippen LogP contribution is 2.28. The molecule has 0 bridgehead atoms. The second kappa shape index (κ2) is 11.6. The van der Waals surface area contributed by atoms with Crippen molar-refractivity contribution in [2.24, 2.45) is 13.0 Å². The number of amides is 3. The minimum absolute atomic E-state index is 0.0172. The van der Waals surface area contributed by atoms with Crippen molar-refractivity contribution in [3.8, 4) is 0 Å². The summed E-state index contributed by atoms with van der Waals surface area (Å²) in [7, 11) is 3.54. The number of hydrogen-bond acceptors (Lipinski definition) is 5. The molecule has 1 aromatic rings. The molecule has 2 fully saturated rings. The van der Waals surface area contributed by atoms with Gasteiger partial charge in [-0.05, 0) is 45.2 Å². The van der Waals surface area contributed by atoms with Crippen LogP contribution in [0.3, 0.4) is 0 Å². The number of hydrogen-bond donors (Lipinski definition) is 2. The first kappa shape index (κ1) is 25.2. The number of piperazine rings is 1. The molecule has 3 rings (SSSR count). The molecule has 33 heavy (non-hydrogen) atoms. The van der Waals surface area contributed by atoms with E-state index in [2.05, 4.69) is 22.7 Å². The number of aromatic nitrogens is 2. The summed E-state index contributed by atoms with van der Waals surface area (Å²) in [6.07, 6.45) is 7.14. The first-order valence-electron chi connectivity index (χ1n) is 12.4. The number of nitrogens with zero attached hydrogens (tertiary/aromatic N) is 4. The number of aryl methyl sites for hydroxylation is 2. The van der Waals surface area contributed by atoms with E-state index in [0.29, 0.717) is 31.9 Å². The molecule has 2 N–H and O–H groups in total. The second-order valence-electron chi connectivity index (χ2n) is 9.41. The van der Waals surface area contributed by atoms with E-state index < -0.39 is 6.04 Å². The van der Waals surface area contributed by atoms with Crippen LogP contribution in [0.25, 0.3) is 0 Å². The van der Waals surface area contributed by atoms with Crippen molar-refractivity contribution in [3.63, 3.8) is 0 Å². The number of carbonyl (C=O) groups is 3. The van der Waals surface area contributed by atoms with E-state index in [1.54, 1.807) is 30.6 Å². The third-order valence-corrected chi connectivity index (χ3v) is 7.05. The van der Waals surface area contributed by atoms with E-state index in [0.717, 1.165) is 44.2 Å². The van der Waals surface area contributed by atoms with E-state index in [1.807, 2.05) is 11.0 Å². The van der Waals surface area contributed by atoms with Gasteiger partial charge in [0.25, 0.3) is 5.91 Å². The summed E-state index contributed by atoms with van der Waals surface area (Å²) in [5.41, 5.74) is 1.52. The maximum Gasteiger partial charge on any atom is 0.272 e. The quantitative estimate of drug-likeness (QED) is 0.610. The Balaban J connectivity index is 1.63. The monoisotopic (exact) mass is 460 g/mol. The average molecular weight is 461 g/mol. The lowest BCUT2D eigenvalue weighted by molar-refractivity contribution is -0.140. The van der Waals surface area contributed by atoms with Gasteiger partial charge < -0.3 is 20.4 Å². The summed E-state index contributed by atoms with van der Waals surface area (Å²) >= 11 is 0. The highest BCUT2D eigenvalue weighted by Gasteiger charge is 2.36. The van der Waals surface area contributed by atoms with Crippen molar-refractivity contribution in [2.75, 3.05) is 33.2 Å². The van der Waals surface area contributed by atoms with E-state index in [-0.39, 0.29) is 29.7 Å². The predicted molar refractivity (Wildman–Crippen MR) is 127 cm³/mol. The highest BCUT2D eigenvalue weighted by molar-refractivity contribution is 5.93. The summed E-state index contributed by atoms with van der Waals surface area (Å²) in [5, 5.41) is 10.4. The van der Waals surface area contributed by atoms with E-state index in [4.69, 9.17) is 0 Å². The van der Waals surface area contributed by atoms with Crippen LogP contribution in [0.2, 0.25) is 0 Å². The molecule has 0 aromatic carbocycles. The van der Waals surface area contributed by atoms with Crippen molar-refractivity contribution in [1.29, 1.82) is 0 Å². The van der Waals surface area contributed by atoms with Crippen LogP contribution in [0, 0.1) is 5.92 Å². The Morgan fingerprint density at radius 1 is 1.09 bits per heavy atom. The fourth-order valence-electron chi connectivity index (χ4n) is 4.85. The van der Waals surface area contributed by atoms with Gasteiger partial charge in [-0.25, -0.2) is 0 Å². The lowest BCUT2D eigenvalue weighted by Crippen LogP contribution is -2.59. The van der Waals surface area contributed by atoms with Gasteiger partial charge in [0.1, 0.15) is 11.7 Å². The molecule has 1 saturated heterocycles. The molecule has 0 radical (unpaired) electrons. The summed E-state index contributed by atoms with van der Waals surface area (Å²) in [4.78, 5) is 42.7. The van der Waals surface area contributed by atoms with Crippen LogP contribution in [0.1, 0.15) is 68.6 Å². The Bertz CT molecular complexity index is 824. The van der Waals surface area contributed by atoms with Crippen LogP contribution in [-0.4, -0.2) is 82.6 Å². The van der Waals surface area contributed by atoms with Crippen LogP contribution >= 0.6 is 0 Å². The Labute approximate surface area is 197 Å². The number of carbonyl (C=O) groups excluding carboxylic acids is 3. The maximum atomic E-state index is 13.5. The molecule has 0 spiro atoms. The fraction of sp³-hybridized carbons (Fsp3) is 0.750. The van der Waals surface area contributed by atoms with Gasteiger partial charge in [0.05, 0.1) is 11.7 Å². The largest absolute Gasteiger partial charge is 0.343 e. The first-order chi connectivity index (χ1) is 15.8. The lowest BCUT2D eigenvalue weighted by atomic mass is 9.83. The molecular formula is C24H40N6O3. The van der Waals surface area contributed by atoms with Crippen LogP contribution in [0.15, 0.2) is 6.07 Å². The van der Waals surface area contributed by atoms with Gasteiger partial charge in [0, 0.05) is 33.2 Å². The average Bonchev–Trinajstić information content (AvgIpc) is 3.21. The van der Waals surface area contributed by atoms with Crippen LogP contribution in [0.5, 0.6) is 0 Å². The Hall–Kier alpha value is -2.42. The minimum atomic E-state index is -0.496. The van der Waals surface area contributed by atoms with Crippen molar-refractivity contribution in [3.05, 3.63) is 17.5 Å². The molecule has 9 heteroatoms. The zero-order valence-electron chi connectivity index (χ0n) is 20.6. The zero-order valence-corrected chi connectivity index (χ0v) is 20.6. The SMILES string of the molecule is CCCc1cc(C(=O)N2CCN(C(=O)[C@@H](NC(=O)C(C)NC)C3CCCCC3)CC2)n(C)n1. The Kier molecular flexibility index (Phi) is 8.88. The third-order valence-electron chi connectivity index (χ3n) is 7.05. The van der Waals surface area contributed by atoms with Gasteiger partial charge in [0.2, 0.25) is 11.8 Å². The van der Waals surface area contributed by atoms with Crippen LogP contribution in [-0.2, 0) is 23.1 Å². The van der Waals surface area contributed by atoms with Gasteiger partial charge in [-0.2, -0.15) is 5.10 Å². The molecule has 9 nitrogen and oxygen atoms in total. The van der Waals surface area contributed by atoms with Crippen molar-refractivity contribution >= 4 is 17.7 Å². The molecule has 2 atom stereocenters. The van der Waals surface area contributed by atoms with Gasteiger partial charge in [-0.3, -0.25) is 19.1 Å². The fourth-order valence-corrected chi connectivity index (χ4v) is 4.85. The van der Waals surface area contributed by atoms with Crippen molar-refractivity contribution < 1.29 is 14.4 Å². The molecule has 184 valence electrons. The topological polar surface area (TPSA) is 99.6 Å². The van der Waals surface area contributed by atoms with E-state index in [1.165, 1.54) is 6.42 Å². The normalized spacial score (nSPS) is 19.3. The van der Waals surface area contributed by atoms with Gasteiger partial charge in [-0.15, -0.1) is 0 Å². The third kappa shape index (κ3) is 6.13. The molecule has 1 aliphatic carbocycles. The first-order valence-corrected chi connectivity index (χ1v) is 12.4. The minimum Gasteiger partial charge on any atom is -0.343 e. The Morgan fingerprint density at radius 3 is 2.33 bits per heavy atom. The molecule has 2 heterocycles. The maximum absolute atomic E-state index is 13.5. The summed E-state index contributed by atoms with van der Waals surface area (Å²) in [5.74, 6) is -0.0319. The van der Waals surface area contributed by atoms with E-state index >= 15 is 0 Å². The molecule has 1 aromatic heterocycles. The zero-order chi connectivity index (χ0) is 24.0. The van der Waals surface area contributed by atoms with Crippen LogP contribution in [0.4, 0.5) is 0 Å². The van der Waals surface area contributed by atoms with Gasteiger partial charge >= 0.3 is 0 Å². The van der Waals surface area contributed by atoms with Crippen molar-refractivity contribution in [1.82, 2.24) is 30.2 Å². The van der Waals surface area contributed by atoms with Gasteiger partial charge in [-0.1, -0.05) is 32.6 Å². The molecule has 2 aliphatic rings. The molecular weight excluding hydrogens is 420 g/mol. The summed E-state index contributed by atoms with van der Waals surface area (Å²) < 4.78 is 1.66. The van der Waals surface area contributed by atoms with Crippen LogP contribution < -0.4 is 10.6 Å². The summed E-state index contributed by atoms with van der Waals surface area (Å²) in [6.45, 7) is 5.81. The smallest absolute Gasteiger partial charge is 0.272 e. The summed E-state index contributed by atoms with van der Waals surface area (Å²) in [6, 6.07) is 1.03. The molecule has 3 amide bonds. The lowest BCUT2D eigenvalue weighted by Gasteiger charge is -2.39. The number of nitrogens with one attached hydrogen (secondary N) is 2. The number of rotatable bonds is 8. The van der Waals surface area contributed by atoms with E-state index in [9.17, 15) is 14.4 Å².